The largest absolute Gasteiger partial charge is 0.494 e. The molecule has 1 unspecified atom stereocenters. The van der Waals surface area contributed by atoms with Crippen LogP contribution in [0.3, 0.4) is 0 Å². The normalized spacial score (nSPS) is 11.5. The van der Waals surface area contributed by atoms with Crippen LogP contribution in [-0.4, -0.2) is 17.6 Å². The van der Waals surface area contributed by atoms with E-state index in [0.29, 0.717) is 18.1 Å². The number of rotatable bonds is 7. The summed E-state index contributed by atoms with van der Waals surface area (Å²) in [4.78, 5) is 12.4. The highest BCUT2D eigenvalue weighted by atomic mass is 32.1. The van der Waals surface area contributed by atoms with Crippen LogP contribution in [0.2, 0.25) is 0 Å². The summed E-state index contributed by atoms with van der Waals surface area (Å²) < 4.78 is 5.53. The molecule has 2 aromatic carbocycles. The van der Waals surface area contributed by atoms with Gasteiger partial charge in [0.25, 0.3) is 5.91 Å². The lowest BCUT2D eigenvalue weighted by molar-refractivity contribution is 0.0977. The number of thiocarbonyl (C=S) groups is 1. The van der Waals surface area contributed by atoms with Crippen LogP contribution in [-0.2, 0) is 0 Å². The van der Waals surface area contributed by atoms with Crippen LogP contribution in [0.5, 0.6) is 5.75 Å². The summed E-state index contributed by atoms with van der Waals surface area (Å²) in [5.41, 5.74) is 2.65. The Morgan fingerprint density at radius 3 is 2.46 bits per heavy atom. The van der Waals surface area contributed by atoms with Gasteiger partial charge in [0.2, 0.25) is 0 Å². The Morgan fingerprint density at radius 2 is 1.81 bits per heavy atom. The van der Waals surface area contributed by atoms with E-state index in [2.05, 4.69) is 37.5 Å². The van der Waals surface area contributed by atoms with Crippen molar-refractivity contribution in [3.8, 4) is 5.75 Å². The minimum Gasteiger partial charge on any atom is -0.494 e. The zero-order valence-corrected chi connectivity index (χ0v) is 16.4. The van der Waals surface area contributed by atoms with Gasteiger partial charge in [0.1, 0.15) is 5.75 Å². The van der Waals surface area contributed by atoms with E-state index in [1.807, 2.05) is 18.2 Å². The van der Waals surface area contributed by atoms with Gasteiger partial charge in [-0.3, -0.25) is 10.1 Å². The zero-order valence-electron chi connectivity index (χ0n) is 15.5. The average Bonchev–Trinajstić information content (AvgIpc) is 2.66. The molecule has 0 fully saturated rings. The average molecular weight is 371 g/mol. The summed E-state index contributed by atoms with van der Waals surface area (Å²) in [5.74, 6) is 0.921. The highest BCUT2D eigenvalue weighted by molar-refractivity contribution is 7.80. The van der Waals surface area contributed by atoms with Gasteiger partial charge in [-0.15, -0.1) is 0 Å². The number of nitrogens with one attached hydrogen (secondary N) is 2. The van der Waals surface area contributed by atoms with E-state index in [1.165, 1.54) is 5.56 Å². The number of para-hydroxylation sites is 1. The molecule has 0 aliphatic carbocycles. The predicted molar refractivity (Wildman–Crippen MR) is 111 cm³/mol. The van der Waals surface area contributed by atoms with E-state index >= 15 is 0 Å². The van der Waals surface area contributed by atoms with E-state index in [9.17, 15) is 4.79 Å². The number of amides is 1. The first-order valence-corrected chi connectivity index (χ1v) is 9.40. The van der Waals surface area contributed by atoms with Crippen LogP contribution in [0.15, 0.2) is 48.5 Å². The van der Waals surface area contributed by atoms with Crippen LogP contribution >= 0.6 is 12.2 Å². The highest BCUT2D eigenvalue weighted by Gasteiger charge is 2.12. The van der Waals surface area contributed by atoms with Gasteiger partial charge in [-0.25, -0.2) is 0 Å². The van der Waals surface area contributed by atoms with E-state index in [4.69, 9.17) is 17.0 Å². The topological polar surface area (TPSA) is 50.4 Å². The first-order valence-electron chi connectivity index (χ1n) is 8.99. The zero-order chi connectivity index (χ0) is 18.9. The van der Waals surface area contributed by atoms with Gasteiger partial charge in [-0.2, -0.15) is 0 Å². The molecule has 2 rings (SSSR count). The van der Waals surface area contributed by atoms with Crippen molar-refractivity contribution in [2.75, 3.05) is 11.9 Å². The Hall–Kier alpha value is -2.40. The molecule has 1 atom stereocenters. The summed E-state index contributed by atoms with van der Waals surface area (Å²) in [6, 6.07) is 15.1. The van der Waals surface area contributed by atoms with Crippen molar-refractivity contribution in [3.63, 3.8) is 0 Å². The molecule has 0 radical (unpaired) electrons. The van der Waals surface area contributed by atoms with Crippen molar-refractivity contribution in [2.24, 2.45) is 0 Å². The molecule has 26 heavy (non-hydrogen) atoms. The molecule has 2 aromatic rings. The molecule has 0 saturated heterocycles. The van der Waals surface area contributed by atoms with E-state index in [1.54, 1.807) is 24.3 Å². The Morgan fingerprint density at radius 1 is 1.12 bits per heavy atom. The highest BCUT2D eigenvalue weighted by Crippen LogP contribution is 2.26. The standard InChI is InChI=1S/C21H26N2O2S/c1-4-14-25-17-12-10-16(11-13-17)20(24)23-21(26)22-19-9-7-6-8-18(19)15(3)5-2/h6-13,15H,4-5,14H2,1-3H3,(H2,22,23,24,26). The lowest BCUT2D eigenvalue weighted by Gasteiger charge is -2.17. The third kappa shape index (κ3) is 5.56. The molecule has 0 aromatic heterocycles. The summed E-state index contributed by atoms with van der Waals surface area (Å²) in [6.45, 7) is 7.03. The van der Waals surface area contributed by atoms with Crippen LogP contribution < -0.4 is 15.4 Å². The van der Waals surface area contributed by atoms with Gasteiger partial charge in [0.05, 0.1) is 6.61 Å². The first kappa shape index (κ1) is 19.9. The molecule has 4 nitrogen and oxygen atoms in total. The molecular weight excluding hydrogens is 344 g/mol. The number of hydrogen-bond donors (Lipinski definition) is 2. The number of carbonyl (C=O) groups excluding carboxylic acids is 1. The van der Waals surface area contributed by atoms with Gasteiger partial charge in [-0.05, 0) is 66.9 Å². The molecule has 0 aliphatic rings. The van der Waals surface area contributed by atoms with Crippen molar-refractivity contribution in [2.45, 2.75) is 39.5 Å². The fraction of sp³-hybridized carbons (Fsp3) is 0.333. The minimum absolute atomic E-state index is 0.245. The van der Waals surface area contributed by atoms with Crippen molar-refractivity contribution >= 4 is 28.9 Å². The maximum Gasteiger partial charge on any atom is 0.257 e. The fourth-order valence-corrected chi connectivity index (χ4v) is 2.71. The molecule has 2 N–H and O–H groups in total. The summed E-state index contributed by atoms with van der Waals surface area (Å²) in [6.07, 6.45) is 1.98. The summed E-state index contributed by atoms with van der Waals surface area (Å²) in [7, 11) is 0. The third-order valence-corrected chi connectivity index (χ3v) is 4.37. The van der Waals surface area contributed by atoms with Crippen LogP contribution in [0.25, 0.3) is 0 Å². The number of ether oxygens (including phenoxy) is 1. The molecule has 0 spiro atoms. The van der Waals surface area contributed by atoms with E-state index in [0.717, 1.165) is 24.3 Å². The second-order valence-corrected chi connectivity index (χ2v) is 6.59. The van der Waals surface area contributed by atoms with Gasteiger partial charge in [-0.1, -0.05) is 39.0 Å². The number of benzene rings is 2. The van der Waals surface area contributed by atoms with Crippen LogP contribution in [0.4, 0.5) is 5.69 Å². The Balaban J connectivity index is 1.98. The van der Waals surface area contributed by atoms with Crippen molar-refractivity contribution in [3.05, 3.63) is 59.7 Å². The molecule has 1 amide bonds. The Bertz CT molecular complexity index is 744. The number of anilines is 1. The second-order valence-electron chi connectivity index (χ2n) is 6.18. The molecule has 5 heteroatoms. The number of hydrogen-bond acceptors (Lipinski definition) is 3. The Labute approximate surface area is 161 Å². The van der Waals surface area contributed by atoms with Gasteiger partial charge in [0.15, 0.2) is 5.11 Å². The second kappa shape index (κ2) is 9.92. The van der Waals surface area contributed by atoms with Crippen LogP contribution in [0.1, 0.15) is 55.5 Å². The fourth-order valence-electron chi connectivity index (χ4n) is 2.51. The molecule has 0 heterocycles. The maximum absolute atomic E-state index is 12.4. The minimum atomic E-state index is -0.245. The van der Waals surface area contributed by atoms with Crippen molar-refractivity contribution in [1.29, 1.82) is 0 Å². The lowest BCUT2D eigenvalue weighted by Crippen LogP contribution is -2.34. The van der Waals surface area contributed by atoms with Gasteiger partial charge in [0, 0.05) is 11.3 Å². The third-order valence-electron chi connectivity index (χ3n) is 4.17. The van der Waals surface area contributed by atoms with Crippen LogP contribution in [0, 0.1) is 0 Å². The number of carbonyl (C=O) groups is 1. The maximum atomic E-state index is 12.4. The van der Waals surface area contributed by atoms with Crippen molar-refractivity contribution < 1.29 is 9.53 Å². The van der Waals surface area contributed by atoms with Crippen molar-refractivity contribution in [1.82, 2.24) is 5.32 Å². The predicted octanol–water partition coefficient (Wildman–Crippen LogP) is 5.12. The SMILES string of the molecule is CCCOc1ccc(C(=O)NC(=S)Nc2ccccc2C(C)CC)cc1. The Kier molecular flexibility index (Phi) is 7.60. The smallest absolute Gasteiger partial charge is 0.257 e. The molecular formula is C21H26N2O2S. The monoisotopic (exact) mass is 370 g/mol. The summed E-state index contributed by atoms with van der Waals surface area (Å²) >= 11 is 5.31. The van der Waals surface area contributed by atoms with Gasteiger partial charge < -0.3 is 10.1 Å². The summed E-state index contributed by atoms with van der Waals surface area (Å²) in [5, 5.41) is 6.16. The van der Waals surface area contributed by atoms with E-state index in [-0.39, 0.29) is 11.0 Å². The van der Waals surface area contributed by atoms with Gasteiger partial charge >= 0.3 is 0 Å². The van der Waals surface area contributed by atoms with E-state index < -0.39 is 0 Å². The molecule has 0 saturated carbocycles. The molecule has 0 bridgehead atoms. The first-order chi connectivity index (χ1) is 12.5. The molecule has 0 aliphatic heterocycles. The quantitative estimate of drug-likeness (QED) is 0.665. The lowest BCUT2D eigenvalue weighted by atomic mass is 9.97. The molecule has 138 valence electrons.